The summed E-state index contributed by atoms with van der Waals surface area (Å²) < 4.78 is 7.14. The molecule has 0 aliphatic heterocycles. The van der Waals surface area contributed by atoms with Gasteiger partial charge in [-0.3, -0.25) is 4.79 Å². The minimum absolute atomic E-state index is 0.101. The summed E-state index contributed by atoms with van der Waals surface area (Å²) in [5.74, 6) is 0.889. The molecule has 0 spiro atoms. The second-order valence-corrected chi connectivity index (χ2v) is 5.20. The number of hydrogen-bond donors (Lipinski definition) is 0. The number of imidazole rings is 1. The van der Waals surface area contributed by atoms with E-state index in [1.54, 1.807) is 12.0 Å². The molecule has 0 atom stereocenters. The summed E-state index contributed by atoms with van der Waals surface area (Å²) in [5, 5.41) is 0. The summed E-state index contributed by atoms with van der Waals surface area (Å²) in [6, 6.07) is 7.85. The molecule has 0 saturated heterocycles. The van der Waals surface area contributed by atoms with Gasteiger partial charge in [-0.15, -0.1) is 0 Å². The second kappa shape index (κ2) is 7.22. The van der Waals surface area contributed by atoms with Gasteiger partial charge >= 0.3 is 0 Å². The molecule has 114 valence electrons. The van der Waals surface area contributed by atoms with Gasteiger partial charge < -0.3 is 14.2 Å². The van der Waals surface area contributed by atoms with Crippen LogP contribution in [-0.2, 0) is 22.7 Å². The van der Waals surface area contributed by atoms with E-state index in [0.717, 1.165) is 36.2 Å². The number of fused-ring (bicyclic) bond motifs is 1. The standard InChI is InChI=1S/C16H23N3O2/c1-4-5-10-18(2)16(20)11-19-14-9-7-6-8-13(14)17-15(19)12-21-3/h6-9H,4-5,10-12H2,1-3H3. The molecule has 2 aromatic rings. The Morgan fingerprint density at radius 3 is 2.86 bits per heavy atom. The Bertz CT molecular complexity index is 607. The lowest BCUT2D eigenvalue weighted by molar-refractivity contribution is -0.130. The van der Waals surface area contributed by atoms with Crippen molar-refractivity contribution in [3.05, 3.63) is 30.1 Å². The number of aromatic nitrogens is 2. The minimum Gasteiger partial charge on any atom is -0.377 e. The van der Waals surface area contributed by atoms with Crippen LogP contribution in [0.3, 0.4) is 0 Å². The predicted octanol–water partition coefficient (Wildman–Crippen LogP) is 2.44. The third kappa shape index (κ3) is 3.61. The summed E-state index contributed by atoms with van der Waals surface area (Å²) >= 11 is 0. The number of nitrogens with zero attached hydrogens (tertiary/aromatic N) is 3. The van der Waals surface area contributed by atoms with Crippen LogP contribution in [0.2, 0.25) is 0 Å². The number of ether oxygens (including phenoxy) is 1. The number of carbonyl (C=O) groups is 1. The Morgan fingerprint density at radius 1 is 1.38 bits per heavy atom. The van der Waals surface area contributed by atoms with Crippen molar-refractivity contribution >= 4 is 16.9 Å². The van der Waals surface area contributed by atoms with Crippen molar-refractivity contribution in [1.82, 2.24) is 14.5 Å². The van der Waals surface area contributed by atoms with Crippen LogP contribution in [-0.4, -0.2) is 41.1 Å². The number of carbonyl (C=O) groups excluding carboxylic acids is 1. The average Bonchev–Trinajstić information content (AvgIpc) is 2.83. The second-order valence-electron chi connectivity index (χ2n) is 5.20. The van der Waals surface area contributed by atoms with Crippen molar-refractivity contribution in [2.24, 2.45) is 0 Å². The molecule has 21 heavy (non-hydrogen) atoms. The number of para-hydroxylation sites is 2. The van der Waals surface area contributed by atoms with Crippen molar-refractivity contribution in [3.8, 4) is 0 Å². The first-order valence-corrected chi connectivity index (χ1v) is 7.34. The first kappa shape index (κ1) is 15.5. The maximum absolute atomic E-state index is 12.4. The highest BCUT2D eigenvalue weighted by molar-refractivity contribution is 5.81. The van der Waals surface area contributed by atoms with Gasteiger partial charge in [0.25, 0.3) is 0 Å². The molecule has 0 aliphatic carbocycles. The average molecular weight is 289 g/mol. The molecular weight excluding hydrogens is 266 g/mol. The van der Waals surface area contributed by atoms with E-state index in [1.165, 1.54) is 0 Å². The maximum Gasteiger partial charge on any atom is 0.242 e. The molecular formula is C16H23N3O2. The lowest BCUT2D eigenvalue weighted by Gasteiger charge is -2.18. The fourth-order valence-electron chi connectivity index (χ4n) is 2.32. The van der Waals surface area contributed by atoms with Crippen molar-refractivity contribution in [2.75, 3.05) is 20.7 Å². The van der Waals surface area contributed by atoms with Gasteiger partial charge in [0.2, 0.25) is 5.91 Å². The lowest BCUT2D eigenvalue weighted by Crippen LogP contribution is -2.31. The number of hydrogen-bond acceptors (Lipinski definition) is 3. The van der Waals surface area contributed by atoms with Crippen molar-refractivity contribution < 1.29 is 9.53 Å². The first-order chi connectivity index (χ1) is 10.2. The fraction of sp³-hybridized carbons (Fsp3) is 0.500. The van der Waals surface area contributed by atoms with Crippen LogP contribution >= 0.6 is 0 Å². The minimum atomic E-state index is 0.101. The molecule has 0 saturated carbocycles. The number of amides is 1. The number of rotatable bonds is 7. The largest absolute Gasteiger partial charge is 0.377 e. The van der Waals surface area contributed by atoms with Gasteiger partial charge in [-0.05, 0) is 18.6 Å². The molecule has 1 aromatic heterocycles. The quantitative estimate of drug-likeness (QED) is 0.786. The first-order valence-electron chi connectivity index (χ1n) is 7.34. The van der Waals surface area contributed by atoms with Gasteiger partial charge in [0, 0.05) is 20.7 Å². The van der Waals surface area contributed by atoms with Gasteiger partial charge in [-0.1, -0.05) is 25.5 Å². The molecule has 0 unspecified atom stereocenters. The molecule has 2 rings (SSSR count). The van der Waals surface area contributed by atoms with Gasteiger partial charge in [0.1, 0.15) is 19.0 Å². The van der Waals surface area contributed by atoms with Crippen LogP contribution in [0.25, 0.3) is 11.0 Å². The predicted molar refractivity (Wildman–Crippen MR) is 83.0 cm³/mol. The zero-order chi connectivity index (χ0) is 15.2. The number of likely N-dealkylation sites (N-methyl/N-ethyl adjacent to an activating group) is 1. The smallest absolute Gasteiger partial charge is 0.242 e. The van der Waals surface area contributed by atoms with E-state index in [2.05, 4.69) is 11.9 Å². The third-order valence-electron chi connectivity index (χ3n) is 3.57. The van der Waals surface area contributed by atoms with E-state index < -0.39 is 0 Å². The SMILES string of the molecule is CCCCN(C)C(=O)Cn1c(COC)nc2ccccc21. The Labute approximate surface area is 125 Å². The number of methoxy groups -OCH3 is 1. The van der Waals surface area contributed by atoms with E-state index in [0.29, 0.717) is 13.2 Å². The number of benzene rings is 1. The summed E-state index contributed by atoms with van der Waals surface area (Å²) in [6.45, 7) is 3.63. The summed E-state index contributed by atoms with van der Waals surface area (Å²) in [4.78, 5) is 18.7. The molecule has 0 N–H and O–H groups in total. The van der Waals surface area contributed by atoms with Gasteiger partial charge in [-0.2, -0.15) is 0 Å². The van der Waals surface area contributed by atoms with Gasteiger partial charge in [-0.25, -0.2) is 4.98 Å². The zero-order valence-corrected chi connectivity index (χ0v) is 13.0. The molecule has 1 amide bonds. The third-order valence-corrected chi connectivity index (χ3v) is 3.57. The van der Waals surface area contributed by atoms with Crippen molar-refractivity contribution in [2.45, 2.75) is 32.9 Å². The maximum atomic E-state index is 12.4. The van der Waals surface area contributed by atoms with Crippen LogP contribution in [0.1, 0.15) is 25.6 Å². The van der Waals surface area contributed by atoms with Crippen LogP contribution < -0.4 is 0 Å². The summed E-state index contributed by atoms with van der Waals surface area (Å²) in [5.41, 5.74) is 1.87. The van der Waals surface area contributed by atoms with Crippen LogP contribution in [0.5, 0.6) is 0 Å². The summed E-state index contributed by atoms with van der Waals surface area (Å²) in [7, 11) is 3.49. The summed E-state index contributed by atoms with van der Waals surface area (Å²) in [6.07, 6.45) is 2.11. The van der Waals surface area contributed by atoms with Crippen molar-refractivity contribution in [3.63, 3.8) is 0 Å². The zero-order valence-electron chi connectivity index (χ0n) is 13.0. The highest BCUT2D eigenvalue weighted by Gasteiger charge is 2.15. The van der Waals surface area contributed by atoms with E-state index in [4.69, 9.17) is 4.74 Å². The van der Waals surface area contributed by atoms with Crippen molar-refractivity contribution in [1.29, 1.82) is 0 Å². The van der Waals surface area contributed by atoms with E-state index >= 15 is 0 Å². The molecule has 1 aromatic carbocycles. The Kier molecular flexibility index (Phi) is 5.33. The van der Waals surface area contributed by atoms with E-state index in [1.807, 2.05) is 35.9 Å². The van der Waals surface area contributed by atoms with Crippen LogP contribution in [0.4, 0.5) is 0 Å². The monoisotopic (exact) mass is 289 g/mol. The Morgan fingerprint density at radius 2 is 2.14 bits per heavy atom. The van der Waals surface area contributed by atoms with Gasteiger partial charge in [0.15, 0.2) is 0 Å². The Balaban J connectivity index is 2.23. The topological polar surface area (TPSA) is 47.4 Å². The number of unbranched alkanes of at least 4 members (excludes halogenated alkanes) is 1. The lowest BCUT2D eigenvalue weighted by atomic mass is 10.3. The van der Waals surface area contributed by atoms with E-state index in [-0.39, 0.29) is 5.91 Å². The molecule has 0 fully saturated rings. The van der Waals surface area contributed by atoms with Crippen LogP contribution in [0.15, 0.2) is 24.3 Å². The molecule has 0 radical (unpaired) electrons. The van der Waals surface area contributed by atoms with Gasteiger partial charge in [0.05, 0.1) is 11.0 Å². The molecule has 1 heterocycles. The highest BCUT2D eigenvalue weighted by atomic mass is 16.5. The van der Waals surface area contributed by atoms with E-state index in [9.17, 15) is 4.79 Å². The molecule has 0 bridgehead atoms. The fourth-order valence-corrected chi connectivity index (χ4v) is 2.32. The Hall–Kier alpha value is -1.88. The molecule has 5 heteroatoms. The normalized spacial score (nSPS) is 11.0. The highest BCUT2D eigenvalue weighted by Crippen LogP contribution is 2.17. The molecule has 0 aliphatic rings. The molecule has 5 nitrogen and oxygen atoms in total. The van der Waals surface area contributed by atoms with Crippen LogP contribution in [0, 0.1) is 0 Å².